The first-order valence-corrected chi connectivity index (χ1v) is 6.16. The lowest BCUT2D eigenvalue weighted by molar-refractivity contribution is -0.873. The second kappa shape index (κ2) is 8.10. The van der Waals surface area contributed by atoms with Gasteiger partial charge in [-0.2, -0.15) is 0 Å². The molecule has 0 radical (unpaired) electrons. The number of hydrogen-bond donors (Lipinski definition) is 4. The molecular weight excluding hydrogens is 298 g/mol. The third-order valence-electron chi connectivity index (χ3n) is 2.15. The van der Waals surface area contributed by atoms with Crippen LogP contribution in [-0.4, -0.2) is 70.4 Å². The normalized spacial score (nSPS) is 12.0. The Balaban J connectivity index is 0.000000401. The van der Waals surface area contributed by atoms with Crippen LogP contribution in [0.25, 0.3) is 0 Å². The fraction of sp³-hybridized carbons (Fsp3) is 0.500. The maximum atomic E-state index is 10.5. The molecule has 0 aliphatic carbocycles. The molecule has 0 bridgehead atoms. The number of hydrogen-bond acceptors (Lipinski definition) is 6. The molecule has 10 heteroatoms. The Bertz CT molecular complexity index is 598. The number of aliphatic hydroxyl groups excluding tert-OH is 1. The quantitative estimate of drug-likeness (QED) is 0.419. The number of H-pyrrole nitrogens is 2. The Morgan fingerprint density at radius 1 is 1.27 bits per heavy atom. The third kappa shape index (κ3) is 9.44. The summed E-state index contributed by atoms with van der Waals surface area (Å²) in [5.41, 5.74) is -1.97. The molecule has 1 unspecified atom stereocenters. The summed E-state index contributed by atoms with van der Waals surface area (Å²) in [5, 5.41) is 27.4. The second-order valence-electron chi connectivity index (χ2n) is 5.51. The van der Waals surface area contributed by atoms with Gasteiger partial charge >= 0.3 is 11.7 Å². The van der Waals surface area contributed by atoms with Gasteiger partial charge in [-0.05, 0) is 0 Å². The summed E-state index contributed by atoms with van der Waals surface area (Å²) in [7, 11) is 5.66. The van der Waals surface area contributed by atoms with E-state index in [1.54, 1.807) is 0 Å². The zero-order valence-electron chi connectivity index (χ0n) is 12.5. The second-order valence-corrected chi connectivity index (χ2v) is 5.51. The number of aromatic carboxylic acids is 1. The molecule has 0 amide bonds. The molecule has 0 aliphatic rings. The van der Waals surface area contributed by atoms with Crippen molar-refractivity contribution in [1.29, 1.82) is 0 Å². The lowest BCUT2D eigenvalue weighted by Crippen LogP contribution is -2.43. The van der Waals surface area contributed by atoms with E-state index in [0.29, 0.717) is 11.0 Å². The van der Waals surface area contributed by atoms with Crippen LogP contribution in [0.5, 0.6) is 0 Å². The minimum Gasteiger partial charge on any atom is -0.550 e. The highest BCUT2D eigenvalue weighted by Gasteiger charge is 2.14. The molecule has 0 aromatic carbocycles. The zero-order chi connectivity index (χ0) is 17.5. The van der Waals surface area contributed by atoms with Crippen molar-refractivity contribution in [2.45, 2.75) is 12.5 Å². The summed E-state index contributed by atoms with van der Waals surface area (Å²) in [6.07, 6.45) is -1.09. The van der Waals surface area contributed by atoms with Crippen LogP contribution in [0.1, 0.15) is 16.9 Å². The molecule has 1 atom stereocenters. The van der Waals surface area contributed by atoms with E-state index in [1.165, 1.54) is 0 Å². The number of rotatable bonds is 5. The monoisotopic (exact) mass is 317 g/mol. The van der Waals surface area contributed by atoms with Crippen LogP contribution in [0, 0.1) is 0 Å². The number of quaternary nitrogens is 1. The molecule has 1 rings (SSSR count). The van der Waals surface area contributed by atoms with Crippen molar-refractivity contribution < 1.29 is 29.4 Å². The van der Waals surface area contributed by atoms with Gasteiger partial charge in [-0.1, -0.05) is 0 Å². The maximum absolute atomic E-state index is 10.5. The molecule has 22 heavy (non-hydrogen) atoms. The van der Waals surface area contributed by atoms with Gasteiger partial charge in [0.1, 0.15) is 18.3 Å². The highest BCUT2D eigenvalue weighted by atomic mass is 16.4. The first-order chi connectivity index (χ1) is 9.90. The molecular formula is C12H19N3O7. The SMILES string of the molecule is C[N+](C)(C)CC(O)CC(=O)[O-].O=C(O)c1cc(=O)[nH]c(=O)[nH]1. The van der Waals surface area contributed by atoms with Crippen molar-refractivity contribution in [3.63, 3.8) is 0 Å². The van der Waals surface area contributed by atoms with Gasteiger partial charge in [0.25, 0.3) is 5.56 Å². The number of carbonyl (C=O) groups excluding carboxylic acids is 1. The number of carboxylic acid groups (broad SMARTS) is 2. The van der Waals surface area contributed by atoms with Gasteiger partial charge in [-0.3, -0.25) is 9.78 Å². The summed E-state index contributed by atoms with van der Waals surface area (Å²) < 4.78 is 0.550. The van der Waals surface area contributed by atoms with Crippen molar-refractivity contribution in [2.24, 2.45) is 0 Å². The Morgan fingerprint density at radius 2 is 1.82 bits per heavy atom. The standard InChI is InChI=1S/C7H15NO3.C5H4N2O4/c1-8(2,3)5-6(9)4-7(10)11;8-3-1-2(4(9)10)6-5(11)7-3/h6,9H,4-5H2,1-3H3;1H,(H,9,10)(H2,6,7,8,11). The van der Waals surface area contributed by atoms with E-state index < -0.39 is 35.0 Å². The van der Waals surface area contributed by atoms with Crippen molar-refractivity contribution in [2.75, 3.05) is 27.7 Å². The van der Waals surface area contributed by atoms with Crippen LogP contribution < -0.4 is 16.4 Å². The summed E-state index contributed by atoms with van der Waals surface area (Å²) in [5.74, 6) is -2.54. The molecule has 4 N–H and O–H groups in total. The van der Waals surface area contributed by atoms with E-state index in [1.807, 2.05) is 31.1 Å². The Morgan fingerprint density at radius 3 is 2.18 bits per heavy atom. The van der Waals surface area contributed by atoms with Gasteiger partial charge in [0.05, 0.1) is 21.1 Å². The third-order valence-corrected chi connectivity index (χ3v) is 2.15. The van der Waals surface area contributed by atoms with E-state index in [4.69, 9.17) is 10.2 Å². The molecule has 124 valence electrons. The summed E-state index contributed by atoms with van der Waals surface area (Å²) in [6, 6.07) is 0.795. The Hall–Kier alpha value is -2.46. The molecule has 1 aromatic heterocycles. The van der Waals surface area contributed by atoms with Crippen LogP contribution >= 0.6 is 0 Å². The highest BCUT2D eigenvalue weighted by molar-refractivity contribution is 5.84. The van der Waals surface area contributed by atoms with Crippen LogP contribution in [0.4, 0.5) is 0 Å². The predicted octanol–water partition coefficient (Wildman–Crippen LogP) is -3.05. The number of aromatic amines is 2. The minimum atomic E-state index is -1.34. The first-order valence-electron chi connectivity index (χ1n) is 6.16. The van der Waals surface area contributed by atoms with Crippen molar-refractivity contribution in [1.82, 2.24) is 9.97 Å². The summed E-state index contributed by atoms with van der Waals surface area (Å²) in [6.45, 7) is 0.425. The predicted molar refractivity (Wildman–Crippen MR) is 73.2 cm³/mol. The Kier molecular flexibility index (Phi) is 7.19. The average molecular weight is 317 g/mol. The number of nitrogens with one attached hydrogen (secondary N) is 2. The van der Waals surface area contributed by atoms with Gasteiger partial charge in [0.15, 0.2) is 0 Å². The van der Waals surface area contributed by atoms with E-state index in [2.05, 4.69) is 0 Å². The highest BCUT2D eigenvalue weighted by Crippen LogP contribution is 1.97. The largest absolute Gasteiger partial charge is 0.550 e. The number of aliphatic carboxylic acids is 1. The van der Waals surface area contributed by atoms with Crippen LogP contribution in [0.3, 0.4) is 0 Å². The zero-order valence-corrected chi connectivity index (χ0v) is 12.5. The smallest absolute Gasteiger partial charge is 0.352 e. The van der Waals surface area contributed by atoms with Crippen LogP contribution in [0.15, 0.2) is 15.7 Å². The maximum Gasteiger partial charge on any atom is 0.352 e. The number of aromatic nitrogens is 2. The molecule has 0 saturated carbocycles. The van der Waals surface area contributed by atoms with E-state index >= 15 is 0 Å². The first kappa shape index (κ1) is 19.5. The van der Waals surface area contributed by atoms with Crippen molar-refractivity contribution in [3.8, 4) is 0 Å². The lowest BCUT2D eigenvalue weighted by atomic mass is 10.2. The lowest BCUT2D eigenvalue weighted by Gasteiger charge is -2.26. The minimum absolute atomic E-state index is 0.282. The molecule has 10 nitrogen and oxygen atoms in total. The van der Waals surface area contributed by atoms with Gasteiger partial charge in [-0.15, -0.1) is 0 Å². The molecule has 0 aliphatic heterocycles. The number of carbonyl (C=O) groups is 2. The molecule has 0 spiro atoms. The van der Waals surface area contributed by atoms with Gasteiger partial charge < -0.3 is 29.6 Å². The number of nitrogens with zero attached hydrogens (tertiary/aromatic N) is 1. The van der Waals surface area contributed by atoms with Gasteiger partial charge in [-0.25, -0.2) is 9.59 Å². The average Bonchev–Trinajstić information content (AvgIpc) is 2.24. The topological polar surface area (TPSA) is 163 Å². The van der Waals surface area contributed by atoms with E-state index in [-0.39, 0.29) is 6.42 Å². The van der Waals surface area contributed by atoms with Crippen LogP contribution in [-0.2, 0) is 4.79 Å². The Labute approximate surface area is 125 Å². The summed E-state index contributed by atoms with van der Waals surface area (Å²) >= 11 is 0. The summed E-state index contributed by atoms with van der Waals surface area (Å²) in [4.78, 5) is 44.9. The number of aliphatic hydroxyl groups is 1. The van der Waals surface area contributed by atoms with Crippen molar-refractivity contribution >= 4 is 11.9 Å². The van der Waals surface area contributed by atoms with E-state index in [0.717, 1.165) is 6.07 Å². The fourth-order valence-electron chi connectivity index (χ4n) is 1.47. The van der Waals surface area contributed by atoms with E-state index in [9.17, 15) is 24.3 Å². The van der Waals surface area contributed by atoms with Crippen LogP contribution in [0.2, 0.25) is 0 Å². The molecule has 0 saturated heterocycles. The van der Waals surface area contributed by atoms with Gasteiger partial charge in [0, 0.05) is 18.5 Å². The number of likely N-dealkylation sites (N-methyl/N-ethyl adjacent to an activating group) is 1. The molecule has 0 fully saturated rings. The fourth-order valence-corrected chi connectivity index (χ4v) is 1.47. The molecule has 1 heterocycles. The van der Waals surface area contributed by atoms with Gasteiger partial charge in [0.2, 0.25) is 0 Å². The molecule has 1 aromatic rings. The number of carboxylic acids is 2. The van der Waals surface area contributed by atoms with Crippen molar-refractivity contribution in [3.05, 3.63) is 32.6 Å².